The predicted molar refractivity (Wildman–Crippen MR) is 70.9 cm³/mol. The van der Waals surface area contributed by atoms with Crippen LogP contribution in [0.1, 0.15) is 33.1 Å². The molecule has 19 heavy (non-hydrogen) atoms. The monoisotopic (exact) mass is 272 g/mol. The molecule has 1 aliphatic rings. The molecule has 1 unspecified atom stereocenters. The van der Waals surface area contributed by atoms with E-state index in [1.807, 2.05) is 13.8 Å². The van der Waals surface area contributed by atoms with Crippen molar-refractivity contribution in [1.29, 1.82) is 0 Å². The molecule has 6 heteroatoms. The maximum Gasteiger partial charge on any atom is 0.320 e. The molecule has 110 valence electrons. The summed E-state index contributed by atoms with van der Waals surface area (Å²) in [6.45, 7) is 4.80. The minimum atomic E-state index is -0.789. The number of carbonyl (C=O) groups is 2. The molecule has 1 aliphatic heterocycles. The van der Waals surface area contributed by atoms with Crippen LogP contribution in [0.3, 0.4) is 0 Å². The first-order chi connectivity index (χ1) is 8.77. The summed E-state index contributed by atoms with van der Waals surface area (Å²) in [5.74, 6) is -0.519. The second kappa shape index (κ2) is 6.23. The van der Waals surface area contributed by atoms with E-state index in [1.165, 1.54) is 0 Å². The number of carboxylic acid groups (broad SMARTS) is 1. The van der Waals surface area contributed by atoms with Crippen molar-refractivity contribution in [3.63, 3.8) is 0 Å². The second-order valence-corrected chi connectivity index (χ2v) is 5.85. The summed E-state index contributed by atoms with van der Waals surface area (Å²) in [5.41, 5.74) is -0.587. The summed E-state index contributed by atoms with van der Waals surface area (Å²) in [6.07, 6.45) is 1.63. The van der Waals surface area contributed by atoms with E-state index in [2.05, 4.69) is 0 Å². The SMILES string of the molecule is CN(C(=O)N1CCC(CCC(=O)O)C1)C(C)(C)CO. The lowest BCUT2D eigenvalue weighted by Crippen LogP contribution is -2.52. The number of aliphatic hydroxyl groups excluding tert-OH is 1. The molecule has 0 aromatic rings. The molecule has 1 saturated heterocycles. The number of aliphatic carboxylic acids is 1. The van der Waals surface area contributed by atoms with Gasteiger partial charge in [-0.1, -0.05) is 0 Å². The van der Waals surface area contributed by atoms with E-state index in [1.54, 1.807) is 16.8 Å². The largest absolute Gasteiger partial charge is 0.481 e. The number of urea groups is 1. The van der Waals surface area contributed by atoms with Crippen molar-refractivity contribution in [2.45, 2.75) is 38.6 Å². The van der Waals surface area contributed by atoms with Crippen molar-refractivity contribution in [1.82, 2.24) is 9.80 Å². The van der Waals surface area contributed by atoms with Gasteiger partial charge in [0.15, 0.2) is 0 Å². The molecule has 0 radical (unpaired) electrons. The molecule has 0 bridgehead atoms. The van der Waals surface area contributed by atoms with E-state index in [-0.39, 0.29) is 25.0 Å². The lowest BCUT2D eigenvalue weighted by Gasteiger charge is -2.36. The Bertz CT molecular complexity index is 344. The molecule has 1 atom stereocenters. The highest BCUT2D eigenvalue weighted by Gasteiger charge is 2.33. The Kier molecular flexibility index (Phi) is 5.17. The molecular formula is C13H24N2O4. The normalized spacial score (nSPS) is 19.6. The molecule has 2 N–H and O–H groups in total. The summed E-state index contributed by atoms with van der Waals surface area (Å²) < 4.78 is 0. The fourth-order valence-corrected chi connectivity index (χ4v) is 2.15. The van der Waals surface area contributed by atoms with E-state index in [0.29, 0.717) is 19.5 Å². The Morgan fingerprint density at radius 3 is 2.58 bits per heavy atom. The van der Waals surface area contributed by atoms with Crippen LogP contribution >= 0.6 is 0 Å². The van der Waals surface area contributed by atoms with Gasteiger partial charge in [0.2, 0.25) is 0 Å². The average Bonchev–Trinajstić information content (AvgIpc) is 2.83. The molecule has 0 aromatic carbocycles. The lowest BCUT2D eigenvalue weighted by molar-refractivity contribution is -0.137. The molecule has 0 aliphatic carbocycles. The van der Waals surface area contributed by atoms with Gasteiger partial charge < -0.3 is 20.0 Å². The number of rotatable bonds is 5. The van der Waals surface area contributed by atoms with Crippen LogP contribution in [0.25, 0.3) is 0 Å². The topological polar surface area (TPSA) is 81.1 Å². The first-order valence-electron chi connectivity index (χ1n) is 6.63. The molecule has 1 fully saturated rings. The molecular weight excluding hydrogens is 248 g/mol. The maximum atomic E-state index is 12.3. The van der Waals surface area contributed by atoms with Gasteiger partial charge in [-0.2, -0.15) is 0 Å². The predicted octanol–water partition coefficient (Wildman–Crippen LogP) is 0.996. The zero-order valence-corrected chi connectivity index (χ0v) is 11.9. The van der Waals surface area contributed by atoms with Gasteiger partial charge in [-0.3, -0.25) is 4.79 Å². The highest BCUT2D eigenvalue weighted by atomic mass is 16.4. The van der Waals surface area contributed by atoms with Gasteiger partial charge in [0, 0.05) is 26.6 Å². The summed E-state index contributed by atoms with van der Waals surface area (Å²) in [5, 5.41) is 17.9. The third kappa shape index (κ3) is 4.09. The average molecular weight is 272 g/mol. The fraction of sp³-hybridized carbons (Fsp3) is 0.846. The Morgan fingerprint density at radius 2 is 2.05 bits per heavy atom. The van der Waals surface area contributed by atoms with Crippen LogP contribution < -0.4 is 0 Å². The highest BCUT2D eigenvalue weighted by Crippen LogP contribution is 2.23. The van der Waals surface area contributed by atoms with Crippen LogP contribution in [-0.4, -0.2) is 64.3 Å². The number of amides is 2. The van der Waals surface area contributed by atoms with Crippen LogP contribution in [0.2, 0.25) is 0 Å². The summed E-state index contributed by atoms with van der Waals surface area (Å²) >= 11 is 0. The van der Waals surface area contributed by atoms with E-state index >= 15 is 0 Å². The van der Waals surface area contributed by atoms with Crippen LogP contribution in [0.4, 0.5) is 4.79 Å². The summed E-state index contributed by atoms with van der Waals surface area (Å²) in [7, 11) is 1.68. The number of likely N-dealkylation sites (N-methyl/N-ethyl adjacent to an activating group) is 1. The second-order valence-electron chi connectivity index (χ2n) is 5.85. The maximum absolute atomic E-state index is 12.3. The van der Waals surface area contributed by atoms with Crippen LogP contribution in [-0.2, 0) is 4.79 Å². The summed E-state index contributed by atoms with van der Waals surface area (Å²) in [4.78, 5) is 26.1. The summed E-state index contributed by atoms with van der Waals surface area (Å²) in [6, 6.07) is -0.100. The van der Waals surface area contributed by atoms with Gasteiger partial charge in [0.1, 0.15) is 0 Å². The van der Waals surface area contributed by atoms with Gasteiger partial charge in [-0.25, -0.2) is 4.79 Å². The standard InChI is InChI=1S/C13H24N2O4/c1-13(2,9-16)14(3)12(19)15-7-6-10(8-15)4-5-11(17)18/h10,16H,4-9H2,1-3H3,(H,17,18). The smallest absolute Gasteiger partial charge is 0.320 e. The number of nitrogens with zero attached hydrogens (tertiary/aromatic N) is 2. The van der Waals surface area contributed by atoms with Gasteiger partial charge in [-0.05, 0) is 32.6 Å². The van der Waals surface area contributed by atoms with Crippen LogP contribution in [0.15, 0.2) is 0 Å². The minimum Gasteiger partial charge on any atom is -0.481 e. The van der Waals surface area contributed by atoms with Crippen molar-refractivity contribution < 1.29 is 19.8 Å². The Morgan fingerprint density at radius 1 is 1.42 bits per heavy atom. The molecule has 0 saturated carbocycles. The third-order valence-electron chi connectivity index (χ3n) is 3.90. The van der Waals surface area contributed by atoms with E-state index in [9.17, 15) is 14.7 Å². The van der Waals surface area contributed by atoms with Crippen molar-refractivity contribution in [2.75, 3.05) is 26.7 Å². The van der Waals surface area contributed by atoms with E-state index < -0.39 is 11.5 Å². The minimum absolute atomic E-state index is 0.0917. The highest BCUT2D eigenvalue weighted by molar-refractivity contribution is 5.75. The Balaban J connectivity index is 2.50. The zero-order valence-electron chi connectivity index (χ0n) is 11.9. The van der Waals surface area contributed by atoms with Gasteiger partial charge >= 0.3 is 12.0 Å². The third-order valence-corrected chi connectivity index (χ3v) is 3.90. The van der Waals surface area contributed by atoms with Gasteiger partial charge in [-0.15, -0.1) is 0 Å². The number of hydrogen-bond acceptors (Lipinski definition) is 3. The van der Waals surface area contributed by atoms with Gasteiger partial charge in [0.25, 0.3) is 0 Å². The van der Waals surface area contributed by atoms with Crippen molar-refractivity contribution in [3.05, 3.63) is 0 Å². The van der Waals surface area contributed by atoms with E-state index in [4.69, 9.17) is 5.11 Å². The molecule has 2 amide bonds. The first-order valence-corrected chi connectivity index (χ1v) is 6.63. The Hall–Kier alpha value is -1.30. The molecule has 1 heterocycles. The number of carboxylic acids is 1. The van der Waals surface area contributed by atoms with Crippen molar-refractivity contribution in [3.8, 4) is 0 Å². The van der Waals surface area contributed by atoms with E-state index in [0.717, 1.165) is 6.42 Å². The molecule has 0 aromatic heterocycles. The number of likely N-dealkylation sites (tertiary alicyclic amines) is 1. The Labute approximate surface area is 114 Å². The van der Waals surface area contributed by atoms with Gasteiger partial charge in [0.05, 0.1) is 12.1 Å². The van der Waals surface area contributed by atoms with Crippen molar-refractivity contribution >= 4 is 12.0 Å². The quantitative estimate of drug-likeness (QED) is 0.782. The number of carbonyl (C=O) groups excluding carboxylic acids is 1. The number of aliphatic hydroxyl groups is 1. The van der Waals surface area contributed by atoms with Crippen molar-refractivity contribution in [2.24, 2.45) is 5.92 Å². The molecule has 0 spiro atoms. The first kappa shape index (κ1) is 15.8. The molecule has 6 nitrogen and oxygen atoms in total. The lowest BCUT2D eigenvalue weighted by atomic mass is 10.0. The zero-order chi connectivity index (χ0) is 14.6. The molecule has 1 rings (SSSR count). The van der Waals surface area contributed by atoms with Crippen LogP contribution in [0.5, 0.6) is 0 Å². The van der Waals surface area contributed by atoms with Crippen LogP contribution in [0, 0.1) is 5.92 Å². The fourth-order valence-electron chi connectivity index (χ4n) is 2.15. The number of hydrogen-bond donors (Lipinski definition) is 2.